The molecule has 1 aliphatic carbocycles. The highest BCUT2D eigenvalue weighted by Crippen LogP contribution is 2.46. The number of methoxy groups -OCH3 is 1. The highest BCUT2D eigenvalue weighted by molar-refractivity contribution is 6.33. The number of nitriles is 1. The van der Waals surface area contributed by atoms with Crippen LogP contribution in [-0.2, 0) is 0 Å². The van der Waals surface area contributed by atoms with Crippen LogP contribution in [0.1, 0.15) is 16.1 Å². The maximum absolute atomic E-state index is 12.5. The highest BCUT2D eigenvalue weighted by Gasteiger charge is 2.56. The number of amides is 1. The number of hydrogen-bond acceptors (Lipinski definition) is 7. The van der Waals surface area contributed by atoms with E-state index in [4.69, 9.17) is 21.3 Å². The lowest BCUT2D eigenvalue weighted by molar-refractivity contribution is 0.0942. The standard InChI is InChI=1S/C25H20ClN7O2/c1-35-16-7-17(24-15(8-27)10-30-33(24)11-16)14-4-5-21(29-9-14)32-12-18-19(13-32)22(18)31-25(34)23-20(26)3-2-6-28-23/h2-7,9-11,18-19,22H,12-13H2,1H3,(H,31,34)/t18-,19+,22?. The number of hydrogen-bond donors (Lipinski definition) is 1. The zero-order valence-electron chi connectivity index (χ0n) is 18.7. The molecule has 1 saturated carbocycles. The minimum Gasteiger partial charge on any atom is -0.495 e. The summed E-state index contributed by atoms with van der Waals surface area (Å²) in [5.41, 5.74) is 3.18. The minimum absolute atomic E-state index is 0.132. The maximum Gasteiger partial charge on any atom is 0.271 e. The van der Waals surface area contributed by atoms with Gasteiger partial charge in [-0.1, -0.05) is 11.6 Å². The summed E-state index contributed by atoms with van der Waals surface area (Å²) in [5, 5.41) is 17.2. The van der Waals surface area contributed by atoms with Gasteiger partial charge in [0.1, 0.15) is 23.3 Å². The van der Waals surface area contributed by atoms with Gasteiger partial charge in [0, 0.05) is 54.5 Å². The molecule has 35 heavy (non-hydrogen) atoms. The summed E-state index contributed by atoms with van der Waals surface area (Å²) in [5.74, 6) is 2.05. The number of pyridine rings is 3. The first-order chi connectivity index (χ1) is 17.1. The number of rotatable bonds is 5. The van der Waals surface area contributed by atoms with E-state index in [1.807, 2.05) is 24.4 Å². The van der Waals surface area contributed by atoms with Crippen molar-refractivity contribution >= 4 is 28.8 Å². The van der Waals surface area contributed by atoms with Gasteiger partial charge in [-0.05, 0) is 30.3 Å². The van der Waals surface area contributed by atoms with E-state index >= 15 is 0 Å². The fourth-order valence-electron chi connectivity index (χ4n) is 4.94. The quantitative estimate of drug-likeness (QED) is 0.462. The average molecular weight is 486 g/mol. The van der Waals surface area contributed by atoms with E-state index in [1.165, 1.54) is 0 Å². The summed E-state index contributed by atoms with van der Waals surface area (Å²) >= 11 is 6.10. The monoisotopic (exact) mass is 485 g/mol. The van der Waals surface area contributed by atoms with Gasteiger partial charge in [0.25, 0.3) is 5.91 Å². The fraction of sp³-hybridized carbons (Fsp3) is 0.240. The van der Waals surface area contributed by atoms with E-state index in [1.54, 1.807) is 42.3 Å². The van der Waals surface area contributed by atoms with Gasteiger partial charge in [-0.2, -0.15) is 10.4 Å². The van der Waals surface area contributed by atoms with E-state index in [2.05, 4.69) is 26.4 Å². The summed E-state index contributed by atoms with van der Waals surface area (Å²) in [4.78, 5) is 23.5. The molecule has 5 heterocycles. The van der Waals surface area contributed by atoms with Crippen molar-refractivity contribution in [2.24, 2.45) is 11.8 Å². The molecule has 10 heteroatoms. The van der Waals surface area contributed by atoms with E-state index < -0.39 is 0 Å². The van der Waals surface area contributed by atoms with Crippen LogP contribution in [0.25, 0.3) is 16.6 Å². The molecular weight excluding hydrogens is 466 g/mol. The number of fused-ring (bicyclic) bond motifs is 2. The second kappa shape index (κ2) is 8.25. The van der Waals surface area contributed by atoms with Crippen LogP contribution in [0.4, 0.5) is 5.82 Å². The van der Waals surface area contributed by atoms with Crippen molar-refractivity contribution in [2.45, 2.75) is 6.04 Å². The van der Waals surface area contributed by atoms with Gasteiger partial charge < -0.3 is 15.0 Å². The van der Waals surface area contributed by atoms with Crippen LogP contribution in [0.15, 0.2) is 55.1 Å². The van der Waals surface area contributed by atoms with E-state index in [-0.39, 0.29) is 17.6 Å². The Balaban J connectivity index is 1.16. The third-order valence-electron chi connectivity index (χ3n) is 6.79. The SMILES string of the molecule is COc1cc(-c2ccc(N3C[C@@H]4C(NC(=O)c5ncccc5Cl)[C@@H]4C3)nc2)c2c(C#N)cnn2c1. The zero-order valence-corrected chi connectivity index (χ0v) is 19.5. The van der Waals surface area contributed by atoms with Crippen LogP contribution in [0.2, 0.25) is 5.02 Å². The Labute approximate surface area is 205 Å². The molecule has 0 radical (unpaired) electrons. The van der Waals surface area contributed by atoms with Crippen molar-refractivity contribution in [2.75, 3.05) is 25.1 Å². The lowest BCUT2D eigenvalue weighted by Crippen LogP contribution is -2.35. The Morgan fingerprint density at radius 2 is 2.06 bits per heavy atom. The molecule has 6 rings (SSSR count). The molecule has 0 spiro atoms. The molecule has 2 fully saturated rings. The Hall–Kier alpha value is -4.16. The molecule has 174 valence electrons. The largest absolute Gasteiger partial charge is 0.495 e. The van der Waals surface area contributed by atoms with Gasteiger partial charge in [-0.25, -0.2) is 14.5 Å². The second-order valence-corrected chi connectivity index (χ2v) is 9.13. The van der Waals surface area contributed by atoms with Crippen LogP contribution in [0, 0.1) is 23.2 Å². The number of piperidine rings is 1. The number of carbonyl (C=O) groups is 1. The predicted molar refractivity (Wildman–Crippen MR) is 129 cm³/mol. The van der Waals surface area contributed by atoms with Gasteiger partial charge in [0.15, 0.2) is 0 Å². The first-order valence-corrected chi connectivity index (χ1v) is 11.5. The lowest BCUT2D eigenvalue weighted by Gasteiger charge is -2.21. The van der Waals surface area contributed by atoms with Gasteiger partial charge in [-0.3, -0.25) is 4.79 Å². The number of carbonyl (C=O) groups excluding carboxylic acids is 1. The number of nitrogens with one attached hydrogen (secondary N) is 1. The Morgan fingerprint density at radius 1 is 1.23 bits per heavy atom. The summed E-state index contributed by atoms with van der Waals surface area (Å²) in [6, 6.07) is 11.6. The van der Waals surface area contributed by atoms with Crippen molar-refractivity contribution < 1.29 is 9.53 Å². The summed E-state index contributed by atoms with van der Waals surface area (Å²) in [6.07, 6.45) is 6.67. The van der Waals surface area contributed by atoms with Gasteiger partial charge in [0.05, 0.1) is 35.6 Å². The van der Waals surface area contributed by atoms with Gasteiger partial charge in [0.2, 0.25) is 0 Å². The van der Waals surface area contributed by atoms with Gasteiger partial charge >= 0.3 is 0 Å². The first kappa shape index (κ1) is 21.4. The second-order valence-electron chi connectivity index (χ2n) is 8.73. The van der Waals surface area contributed by atoms with Crippen LogP contribution in [-0.4, -0.2) is 51.7 Å². The minimum atomic E-state index is -0.231. The predicted octanol–water partition coefficient (Wildman–Crippen LogP) is 3.19. The molecule has 4 aromatic rings. The van der Waals surface area contributed by atoms with Crippen molar-refractivity contribution in [3.63, 3.8) is 0 Å². The molecule has 9 nitrogen and oxygen atoms in total. The molecule has 0 bridgehead atoms. The number of aromatic nitrogens is 4. The van der Waals surface area contributed by atoms with Crippen molar-refractivity contribution in [1.29, 1.82) is 5.26 Å². The molecule has 4 aromatic heterocycles. The van der Waals surface area contributed by atoms with E-state index in [0.29, 0.717) is 28.2 Å². The summed E-state index contributed by atoms with van der Waals surface area (Å²) in [6.45, 7) is 1.64. The first-order valence-electron chi connectivity index (χ1n) is 11.2. The van der Waals surface area contributed by atoms with Crippen molar-refractivity contribution in [1.82, 2.24) is 24.9 Å². The van der Waals surface area contributed by atoms with E-state index in [0.717, 1.165) is 35.6 Å². The van der Waals surface area contributed by atoms with E-state index in [9.17, 15) is 10.1 Å². The molecular formula is C25H20ClN7O2. The van der Waals surface area contributed by atoms with Crippen molar-refractivity contribution in [3.8, 4) is 22.9 Å². The molecule has 2 aliphatic rings. The van der Waals surface area contributed by atoms with Gasteiger partial charge in [-0.15, -0.1) is 0 Å². The Morgan fingerprint density at radius 3 is 2.74 bits per heavy atom. The third-order valence-corrected chi connectivity index (χ3v) is 7.10. The molecule has 1 aliphatic heterocycles. The van der Waals surface area contributed by atoms with Crippen LogP contribution in [0.5, 0.6) is 5.75 Å². The third kappa shape index (κ3) is 3.63. The highest BCUT2D eigenvalue weighted by atomic mass is 35.5. The summed E-state index contributed by atoms with van der Waals surface area (Å²) in [7, 11) is 1.60. The van der Waals surface area contributed by atoms with Crippen LogP contribution >= 0.6 is 11.6 Å². The number of halogens is 1. The number of nitrogens with zero attached hydrogens (tertiary/aromatic N) is 6. The fourth-order valence-corrected chi connectivity index (χ4v) is 5.15. The van der Waals surface area contributed by atoms with Crippen LogP contribution < -0.4 is 15.0 Å². The Bertz CT molecular complexity index is 1480. The molecule has 1 N–H and O–H groups in total. The molecule has 1 saturated heterocycles. The molecule has 3 atom stereocenters. The number of anilines is 1. The number of ether oxygens (including phenoxy) is 1. The maximum atomic E-state index is 12.5. The van der Waals surface area contributed by atoms with Crippen molar-refractivity contribution in [3.05, 3.63) is 71.4 Å². The molecule has 1 unspecified atom stereocenters. The topological polar surface area (TPSA) is 108 Å². The normalized spacial score (nSPS) is 20.4. The lowest BCUT2D eigenvalue weighted by atomic mass is 10.1. The summed E-state index contributed by atoms with van der Waals surface area (Å²) < 4.78 is 7.06. The average Bonchev–Trinajstić information content (AvgIpc) is 3.21. The molecule has 1 amide bonds. The zero-order chi connectivity index (χ0) is 24.1. The van der Waals surface area contributed by atoms with Crippen LogP contribution in [0.3, 0.4) is 0 Å². The molecule has 0 aromatic carbocycles. The Kier molecular flexibility index (Phi) is 5.04. The smallest absolute Gasteiger partial charge is 0.271 e.